The van der Waals surface area contributed by atoms with Crippen LogP contribution in [0.3, 0.4) is 0 Å². The predicted octanol–water partition coefficient (Wildman–Crippen LogP) is 4.16. The maximum Gasteiger partial charge on any atom is 0.244 e. The predicted molar refractivity (Wildman–Crippen MR) is 88.8 cm³/mol. The van der Waals surface area contributed by atoms with Gasteiger partial charge in [0, 0.05) is 27.9 Å². The molecule has 0 aliphatic carbocycles. The summed E-state index contributed by atoms with van der Waals surface area (Å²) < 4.78 is 28.4. The molecule has 0 atom stereocenters. The van der Waals surface area contributed by atoms with Crippen LogP contribution in [0.4, 0.5) is 0 Å². The molecule has 0 aromatic heterocycles. The maximum absolute atomic E-state index is 12.7. The Kier molecular flexibility index (Phi) is 5.57. The van der Waals surface area contributed by atoms with Gasteiger partial charge in [0.1, 0.15) is 0 Å². The van der Waals surface area contributed by atoms with E-state index in [0.29, 0.717) is 34.3 Å². The van der Waals surface area contributed by atoms with Crippen molar-refractivity contribution in [2.75, 3.05) is 19.0 Å². The highest BCUT2D eigenvalue weighted by molar-refractivity contribution is 9.11. The van der Waals surface area contributed by atoms with E-state index < -0.39 is 10.0 Å². The van der Waals surface area contributed by atoms with Gasteiger partial charge in [0.15, 0.2) is 0 Å². The first-order valence-corrected chi connectivity index (χ1v) is 9.94. The lowest BCUT2D eigenvalue weighted by Gasteiger charge is -2.30. The van der Waals surface area contributed by atoms with Crippen LogP contribution in [-0.4, -0.2) is 31.7 Å². The van der Waals surface area contributed by atoms with Gasteiger partial charge in [-0.05, 0) is 59.3 Å². The Morgan fingerprint density at radius 3 is 2.40 bits per heavy atom. The van der Waals surface area contributed by atoms with Crippen LogP contribution in [-0.2, 0) is 10.0 Å². The lowest BCUT2D eigenvalue weighted by molar-refractivity contribution is 0.290. The minimum atomic E-state index is -3.45. The molecule has 1 saturated heterocycles. The van der Waals surface area contributed by atoms with E-state index in [0.717, 1.165) is 22.9 Å². The van der Waals surface area contributed by atoms with Gasteiger partial charge in [-0.1, -0.05) is 15.9 Å². The van der Waals surface area contributed by atoms with Crippen LogP contribution < -0.4 is 0 Å². The van der Waals surface area contributed by atoms with Crippen molar-refractivity contribution in [1.82, 2.24) is 4.31 Å². The van der Waals surface area contributed by atoms with Gasteiger partial charge in [0.25, 0.3) is 0 Å². The number of halogens is 3. The Morgan fingerprint density at radius 1 is 1.25 bits per heavy atom. The van der Waals surface area contributed by atoms with Gasteiger partial charge in [-0.15, -0.1) is 11.6 Å². The largest absolute Gasteiger partial charge is 0.244 e. The number of hydrogen-bond donors (Lipinski definition) is 0. The summed E-state index contributed by atoms with van der Waals surface area (Å²) in [4.78, 5) is 0.319. The van der Waals surface area contributed by atoms with E-state index in [2.05, 4.69) is 31.9 Å². The van der Waals surface area contributed by atoms with Crippen molar-refractivity contribution >= 4 is 53.5 Å². The fraction of sp³-hybridized carbons (Fsp3) is 0.538. The standard InChI is InChI=1S/C13H16Br2ClNO2S/c1-9-6-12(15)13(7-11(9)14)20(18,19)17-4-2-10(8-16)3-5-17/h6-7,10H,2-5,8H2,1H3. The zero-order chi connectivity index (χ0) is 14.9. The van der Waals surface area contributed by atoms with E-state index in [-0.39, 0.29) is 0 Å². The van der Waals surface area contributed by atoms with Crippen molar-refractivity contribution in [3.8, 4) is 0 Å². The number of benzene rings is 1. The minimum Gasteiger partial charge on any atom is -0.207 e. The van der Waals surface area contributed by atoms with Crippen molar-refractivity contribution in [2.45, 2.75) is 24.7 Å². The molecule has 112 valence electrons. The van der Waals surface area contributed by atoms with Crippen molar-refractivity contribution in [1.29, 1.82) is 0 Å². The van der Waals surface area contributed by atoms with Crippen LogP contribution >= 0.6 is 43.5 Å². The second kappa shape index (κ2) is 6.65. The van der Waals surface area contributed by atoms with E-state index in [1.165, 1.54) is 0 Å². The Bertz CT molecular complexity index is 599. The summed E-state index contributed by atoms with van der Waals surface area (Å²) in [6, 6.07) is 3.49. The van der Waals surface area contributed by atoms with Crippen LogP contribution in [0, 0.1) is 12.8 Å². The van der Waals surface area contributed by atoms with E-state index in [1.807, 2.05) is 13.0 Å². The normalized spacial score (nSPS) is 18.4. The van der Waals surface area contributed by atoms with Gasteiger partial charge in [0.2, 0.25) is 10.0 Å². The Hall–Kier alpha value is 0.380. The average molecular weight is 446 g/mol. The van der Waals surface area contributed by atoms with Gasteiger partial charge >= 0.3 is 0 Å². The van der Waals surface area contributed by atoms with E-state index >= 15 is 0 Å². The highest BCUT2D eigenvalue weighted by Crippen LogP contribution is 2.32. The summed E-state index contributed by atoms with van der Waals surface area (Å²) in [7, 11) is -3.45. The minimum absolute atomic E-state index is 0.319. The molecule has 1 aliphatic heterocycles. The molecule has 0 bridgehead atoms. The second-order valence-corrected chi connectivity index (χ2v) is 8.96. The molecular formula is C13H16Br2ClNO2S. The number of aryl methyl sites for hydroxylation is 1. The fourth-order valence-electron chi connectivity index (χ4n) is 2.27. The Labute approximate surface area is 142 Å². The van der Waals surface area contributed by atoms with Crippen molar-refractivity contribution in [3.05, 3.63) is 26.6 Å². The fourth-order valence-corrected chi connectivity index (χ4v) is 5.69. The summed E-state index contributed by atoms with van der Waals surface area (Å²) in [6.45, 7) is 3.01. The number of alkyl halides is 1. The molecule has 0 unspecified atom stereocenters. The highest BCUT2D eigenvalue weighted by atomic mass is 79.9. The number of piperidine rings is 1. The van der Waals surface area contributed by atoms with Gasteiger partial charge in [-0.25, -0.2) is 8.42 Å². The number of hydrogen-bond acceptors (Lipinski definition) is 2. The molecule has 1 aromatic carbocycles. The molecular weight excluding hydrogens is 429 g/mol. The molecule has 0 saturated carbocycles. The van der Waals surface area contributed by atoms with Gasteiger partial charge in [-0.3, -0.25) is 0 Å². The SMILES string of the molecule is Cc1cc(Br)c(S(=O)(=O)N2CCC(CCl)CC2)cc1Br. The third-order valence-electron chi connectivity index (χ3n) is 3.62. The van der Waals surface area contributed by atoms with Gasteiger partial charge < -0.3 is 0 Å². The summed E-state index contributed by atoms with van der Waals surface area (Å²) in [5, 5.41) is 0. The van der Waals surface area contributed by atoms with Crippen molar-refractivity contribution in [2.24, 2.45) is 5.92 Å². The second-order valence-electron chi connectivity index (χ2n) is 5.03. The zero-order valence-corrected chi connectivity index (χ0v) is 15.8. The summed E-state index contributed by atoms with van der Waals surface area (Å²) in [6.07, 6.45) is 1.65. The van der Waals surface area contributed by atoms with E-state index in [9.17, 15) is 8.42 Å². The van der Waals surface area contributed by atoms with E-state index in [1.54, 1.807) is 10.4 Å². The maximum atomic E-state index is 12.7. The van der Waals surface area contributed by atoms with Gasteiger partial charge in [0.05, 0.1) is 4.90 Å². The smallest absolute Gasteiger partial charge is 0.207 e. The molecule has 0 N–H and O–H groups in total. The molecule has 1 heterocycles. The number of nitrogens with zero attached hydrogens (tertiary/aromatic N) is 1. The number of rotatable bonds is 3. The van der Waals surface area contributed by atoms with Crippen LogP contribution in [0.25, 0.3) is 0 Å². The molecule has 3 nitrogen and oxygen atoms in total. The van der Waals surface area contributed by atoms with Gasteiger partial charge in [-0.2, -0.15) is 4.31 Å². The monoisotopic (exact) mass is 443 g/mol. The molecule has 0 amide bonds. The summed E-state index contributed by atoms with van der Waals surface area (Å²) >= 11 is 12.6. The first-order chi connectivity index (χ1) is 9.36. The lowest BCUT2D eigenvalue weighted by atomic mass is 10.0. The Morgan fingerprint density at radius 2 is 1.85 bits per heavy atom. The molecule has 1 aromatic rings. The first-order valence-electron chi connectivity index (χ1n) is 6.38. The third kappa shape index (κ3) is 3.40. The molecule has 20 heavy (non-hydrogen) atoms. The molecule has 1 aliphatic rings. The topological polar surface area (TPSA) is 37.4 Å². The van der Waals surface area contributed by atoms with Crippen LogP contribution in [0.15, 0.2) is 26.0 Å². The third-order valence-corrected chi connectivity index (χ3v) is 7.77. The molecule has 2 rings (SSSR count). The van der Waals surface area contributed by atoms with Crippen LogP contribution in [0.5, 0.6) is 0 Å². The number of sulfonamides is 1. The van der Waals surface area contributed by atoms with E-state index in [4.69, 9.17) is 11.6 Å². The first kappa shape index (κ1) is 16.7. The molecule has 0 radical (unpaired) electrons. The zero-order valence-electron chi connectivity index (χ0n) is 11.1. The van der Waals surface area contributed by atoms with Crippen molar-refractivity contribution < 1.29 is 8.42 Å². The van der Waals surface area contributed by atoms with Crippen LogP contribution in [0.1, 0.15) is 18.4 Å². The van der Waals surface area contributed by atoms with Crippen molar-refractivity contribution in [3.63, 3.8) is 0 Å². The molecule has 1 fully saturated rings. The lowest BCUT2D eigenvalue weighted by Crippen LogP contribution is -2.38. The summed E-state index contributed by atoms with van der Waals surface area (Å²) in [5.41, 5.74) is 0.997. The quantitative estimate of drug-likeness (QED) is 0.655. The van der Waals surface area contributed by atoms with Crippen LogP contribution in [0.2, 0.25) is 0 Å². The average Bonchev–Trinajstić information content (AvgIpc) is 2.42. The molecule has 0 spiro atoms. The highest BCUT2D eigenvalue weighted by Gasteiger charge is 2.30. The Balaban J connectivity index is 2.30. The summed E-state index contributed by atoms with van der Waals surface area (Å²) in [5.74, 6) is 1.03. The molecule has 7 heteroatoms.